The maximum atomic E-state index is 15.4. The fourth-order valence-corrected chi connectivity index (χ4v) is 7.16. The Morgan fingerprint density at radius 2 is 2.14 bits per heavy atom. The monoisotopic (exact) mass is 525 g/mol. The van der Waals surface area contributed by atoms with Gasteiger partial charge >= 0.3 is 0 Å². The molecule has 0 aromatic carbocycles. The Hall–Kier alpha value is -2.89. The number of amides is 1. The minimum atomic E-state index is -0.362. The second-order valence-corrected chi connectivity index (χ2v) is 11.5. The Morgan fingerprint density at radius 3 is 2.92 bits per heavy atom. The van der Waals surface area contributed by atoms with E-state index < -0.39 is 0 Å². The zero-order valence-electron chi connectivity index (χ0n) is 21.1. The highest BCUT2D eigenvalue weighted by atomic mass is 32.1. The van der Waals surface area contributed by atoms with Gasteiger partial charge < -0.3 is 26.4 Å². The molecule has 9 nitrogen and oxygen atoms in total. The number of rotatable bonds is 3. The highest BCUT2D eigenvalue weighted by molar-refractivity contribution is 7.21. The normalized spacial score (nSPS) is 25.6. The Balaban J connectivity index is 1.18. The van der Waals surface area contributed by atoms with Crippen LogP contribution in [-0.2, 0) is 17.6 Å². The van der Waals surface area contributed by atoms with E-state index in [1.54, 1.807) is 0 Å². The van der Waals surface area contributed by atoms with E-state index in [0.717, 1.165) is 42.6 Å². The van der Waals surface area contributed by atoms with E-state index in [4.69, 9.17) is 21.2 Å². The van der Waals surface area contributed by atoms with E-state index in [2.05, 4.69) is 20.2 Å². The summed E-state index contributed by atoms with van der Waals surface area (Å²) in [4.78, 5) is 29.9. The Bertz CT molecular complexity index is 1390. The van der Waals surface area contributed by atoms with Crippen molar-refractivity contribution in [3.8, 4) is 0 Å². The SMILES string of the molecule is Cc1nc(C)c2c(N)c(C(=O)NC3CCc4nc(N5CC(N)C6(CCCCO6)C5)cc(F)c4C3)sc2n1. The molecule has 2 aliphatic heterocycles. The molecule has 0 radical (unpaired) electrons. The van der Waals surface area contributed by atoms with Crippen LogP contribution in [0.3, 0.4) is 0 Å². The number of nitrogens with one attached hydrogen (secondary N) is 1. The van der Waals surface area contributed by atoms with Gasteiger partial charge in [0.1, 0.15) is 32.8 Å². The van der Waals surface area contributed by atoms with Gasteiger partial charge in [0.2, 0.25) is 0 Å². The van der Waals surface area contributed by atoms with E-state index in [0.29, 0.717) is 65.0 Å². The number of aryl methyl sites for hydroxylation is 3. The van der Waals surface area contributed by atoms with Gasteiger partial charge in [-0.3, -0.25) is 4.79 Å². The Labute approximate surface area is 218 Å². The van der Waals surface area contributed by atoms with E-state index in [1.165, 1.54) is 17.4 Å². The van der Waals surface area contributed by atoms with Crippen molar-refractivity contribution >= 4 is 39.0 Å². The zero-order valence-corrected chi connectivity index (χ0v) is 22.0. The van der Waals surface area contributed by atoms with Crippen molar-refractivity contribution in [2.75, 3.05) is 30.3 Å². The van der Waals surface area contributed by atoms with Crippen LogP contribution in [0.2, 0.25) is 0 Å². The maximum Gasteiger partial charge on any atom is 0.263 e. The third-order valence-electron chi connectivity index (χ3n) is 8.00. The average molecular weight is 526 g/mol. The molecule has 3 aromatic heterocycles. The molecule has 11 heteroatoms. The molecule has 3 aromatic rings. The van der Waals surface area contributed by atoms with E-state index in [9.17, 15) is 4.79 Å². The average Bonchev–Trinajstić information content (AvgIpc) is 3.36. The first-order valence-electron chi connectivity index (χ1n) is 12.9. The summed E-state index contributed by atoms with van der Waals surface area (Å²) in [5.41, 5.74) is 14.9. The number of nitrogens with zero attached hydrogens (tertiary/aromatic N) is 4. The van der Waals surface area contributed by atoms with Gasteiger partial charge in [0.25, 0.3) is 5.91 Å². The second-order valence-electron chi connectivity index (χ2n) is 10.5. The Kier molecular flexibility index (Phi) is 6.04. The van der Waals surface area contributed by atoms with Crippen LogP contribution in [0.25, 0.3) is 10.2 Å². The Morgan fingerprint density at radius 1 is 1.30 bits per heavy atom. The summed E-state index contributed by atoms with van der Waals surface area (Å²) in [5.74, 6) is 0.701. The summed E-state index contributed by atoms with van der Waals surface area (Å²) in [6.45, 7) is 5.64. The predicted molar refractivity (Wildman–Crippen MR) is 141 cm³/mol. The molecule has 1 amide bonds. The molecule has 1 spiro atoms. The minimum absolute atomic E-state index is 0.117. The molecular formula is C26H32FN7O2S. The van der Waals surface area contributed by atoms with Crippen molar-refractivity contribution in [1.82, 2.24) is 20.3 Å². The van der Waals surface area contributed by atoms with Gasteiger partial charge in [0.15, 0.2) is 0 Å². The molecule has 2 saturated heterocycles. The summed E-state index contributed by atoms with van der Waals surface area (Å²) >= 11 is 1.26. The first-order chi connectivity index (χ1) is 17.7. The lowest BCUT2D eigenvalue weighted by Gasteiger charge is -2.36. The predicted octanol–water partition coefficient (Wildman–Crippen LogP) is 2.80. The molecule has 3 aliphatic rings. The topological polar surface area (TPSA) is 132 Å². The highest BCUT2D eigenvalue weighted by Gasteiger charge is 2.47. The van der Waals surface area contributed by atoms with Crippen LogP contribution >= 0.6 is 11.3 Å². The fourth-order valence-electron chi connectivity index (χ4n) is 6.07. The van der Waals surface area contributed by atoms with Crippen molar-refractivity contribution in [2.45, 2.75) is 70.1 Å². The van der Waals surface area contributed by atoms with Crippen LogP contribution in [0.5, 0.6) is 0 Å². The largest absolute Gasteiger partial charge is 0.397 e. The van der Waals surface area contributed by atoms with Crippen LogP contribution < -0.4 is 21.7 Å². The number of nitrogen functional groups attached to an aromatic ring is 1. The number of carbonyl (C=O) groups excluding carboxylic acids is 1. The first-order valence-corrected chi connectivity index (χ1v) is 13.7. The smallest absolute Gasteiger partial charge is 0.263 e. The molecule has 2 fully saturated rings. The minimum Gasteiger partial charge on any atom is -0.397 e. The standard InChI is InChI=1S/C26H32FN7O2S/c1-13-21-22(29)23(37-25(21)31-14(2)30-13)24(35)32-15-5-6-18-16(9-15)17(27)10-20(33-18)34-11-19(28)26(12-34)7-3-4-8-36-26/h10,15,19H,3-9,11-12,28-29H2,1-2H3,(H,32,35). The summed E-state index contributed by atoms with van der Waals surface area (Å²) in [6.07, 6.45) is 4.72. The molecule has 37 heavy (non-hydrogen) atoms. The van der Waals surface area contributed by atoms with Crippen molar-refractivity contribution < 1.29 is 13.9 Å². The van der Waals surface area contributed by atoms with E-state index >= 15 is 4.39 Å². The maximum absolute atomic E-state index is 15.4. The molecule has 0 saturated carbocycles. The third-order valence-corrected chi connectivity index (χ3v) is 9.10. The molecule has 5 N–H and O–H groups in total. The number of thiophene rings is 1. The fraction of sp³-hybridized carbons (Fsp3) is 0.538. The lowest BCUT2D eigenvalue weighted by Crippen LogP contribution is -2.51. The van der Waals surface area contributed by atoms with Gasteiger partial charge in [-0.1, -0.05) is 0 Å². The van der Waals surface area contributed by atoms with Crippen LogP contribution in [-0.4, -0.2) is 58.2 Å². The van der Waals surface area contributed by atoms with E-state index in [1.807, 2.05) is 13.8 Å². The van der Waals surface area contributed by atoms with Crippen molar-refractivity contribution in [2.24, 2.45) is 5.73 Å². The number of aromatic nitrogens is 3. The number of hydrogen-bond acceptors (Lipinski definition) is 9. The number of nitrogens with two attached hydrogens (primary N) is 2. The van der Waals surface area contributed by atoms with Crippen molar-refractivity contribution in [1.29, 1.82) is 0 Å². The molecular weight excluding hydrogens is 493 g/mol. The number of ether oxygens (including phenoxy) is 1. The van der Waals surface area contributed by atoms with Gasteiger partial charge in [-0.2, -0.15) is 0 Å². The summed E-state index contributed by atoms with van der Waals surface area (Å²) in [6, 6.07) is 1.18. The van der Waals surface area contributed by atoms with Crippen LogP contribution in [0.15, 0.2) is 6.07 Å². The van der Waals surface area contributed by atoms with Crippen LogP contribution in [0, 0.1) is 19.7 Å². The first kappa shape index (κ1) is 24.4. The lowest BCUT2D eigenvalue weighted by atomic mass is 9.89. The quantitative estimate of drug-likeness (QED) is 0.476. The molecule has 1 aliphatic carbocycles. The van der Waals surface area contributed by atoms with Crippen molar-refractivity contribution in [3.63, 3.8) is 0 Å². The number of anilines is 2. The van der Waals surface area contributed by atoms with Gasteiger partial charge in [0, 0.05) is 36.5 Å². The number of carbonyl (C=O) groups is 1. The molecule has 3 atom stereocenters. The summed E-state index contributed by atoms with van der Waals surface area (Å²) in [7, 11) is 0. The summed E-state index contributed by atoms with van der Waals surface area (Å²) < 4.78 is 21.5. The number of fused-ring (bicyclic) bond motifs is 2. The third kappa shape index (κ3) is 4.22. The highest BCUT2D eigenvalue weighted by Crippen LogP contribution is 2.37. The molecule has 196 valence electrons. The summed E-state index contributed by atoms with van der Waals surface area (Å²) in [5, 5.41) is 3.78. The number of halogens is 1. The molecule has 0 bridgehead atoms. The van der Waals surface area contributed by atoms with Crippen LogP contribution in [0.4, 0.5) is 15.9 Å². The zero-order chi connectivity index (χ0) is 25.9. The van der Waals surface area contributed by atoms with Gasteiger partial charge in [-0.25, -0.2) is 19.3 Å². The van der Waals surface area contributed by atoms with Crippen LogP contribution in [0.1, 0.15) is 58.1 Å². The van der Waals surface area contributed by atoms with Gasteiger partial charge in [-0.15, -0.1) is 11.3 Å². The molecule has 3 unspecified atom stereocenters. The molecule has 5 heterocycles. The lowest BCUT2D eigenvalue weighted by molar-refractivity contribution is -0.0717. The number of pyridine rings is 1. The van der Waals surface area contributed by atoms with Gasteiger partial charge in [-0.05, 0) is 52.4 Å². The number of hydrogen-bond donors (Lipinski definition) is 3. The van der Waals surface area contributed by atoms with E-state index in [-0.39, 0.29) is 29.4 Å². The second kappa shape index (κ2) is 9.14. The van der Waals surface area contributed by atoms with Gasteiger partial charge in [0.05, 0.1) is 29.4 Å². The molecule has 6 rings (SSSR count). The van der Waals surface area contributed by atoms with Crippen molar-refractivity contribution in [3.05, 3.63) is 39.5 Å².